The molecule has 5 nitrogen and oxygen atoms in total. The number of ether oxygens (including phenoxy) is 1. The van der Waals surface area contributed by atoms with E-state index in [2.05, 4.69) is 0 Å². The van der Waals surface area contributed by atoms with Crippen LogP contribution in [0.1, 0.15) is 0 Å². The van der Waals surface area contributed by atoms with Crippen LogP contribution in [-0.2, 0) is 4.74 Å². The normalized spacial score (nSPS) is 40.9. The van der Waals surface area contributed by atoms with Crippen molar-refractivity contribution in [2.24, 2.45) is 0 Å². The summed E-state index contributed by atoms with van der Waals surface area (Å²) in [6.45, 7) is -0.466. The highest BCUT2D eigenvalue weighted by Crippen LogP contribution is 2.20. The standard InChI is InChI=1S/C6H11O5/c7-1-4-6(10)5(9)3(8)2-11-4/h3-4,6-10H,1-2H2/t3-,4+,6+/m0/s1. The summed E-state index contributed by atoms with van der Waals surface area (Å²) in [5, 5.41) is 35.5. The van der Waals surface area contributed by atoms with Gasteiger partial charge in [-0.15, -0.1) is 0 Å². The Morgan fingerprint density at radius 1 is 1.45 bits per heavy atom. The minimum Gasteiger partial charge on any atom is -0.394 e. The first kappa shape index (κ1) is 8.89. The SMILES string of the molecule is OC[C@H]1OC[C@H](O)[C](O)[C@@H]1O. The number of aliphatic hydroxyl groups is 4. The molecule has 1 heterocycles. The molecule has 5 heteroatoms. The Balaban J connectivity index is 2.52. The van der Waals surface area contributed by atoms with Gasteiger partial charge in [-0.25, -0.2) is 0 Å². The summed E-state index contributed by atoms with van der Waals surface area (Å²) in [5.41, 5.74) is 0. The molecule has 0 bridgehead atoms. The second kappa shape index (κ2) is 3.46. The van der Waals surface area contributed by atoms with E-state index >= 15 is 0 Å². The Kier molecular flexibility index (Phi) is 2.80. The van der Waals surface area contributed by atoms with E-state index in [0.29, 0.717) is 0 Å². The van der Waals surface area contributed by atoms with Gasteiger partial charge >= 0.3 is 0 Å². The lowest BCUT2D eigenvalue weighted by Gasteiger charge is -2.33. The summed E-state index contributed by atoms with van der Waals surface area (Å²) in [7, 11) is 0. The fourth-order valence-corrected chi connectivity index (χ4v) is 0.931. The second-order valence-electron chi connectivity index (χ2n) is 2.44. The van der Waals surface area contributed by atoms with Crippen molar-refractivity contribution in [3.8, 4) is 0 Å². The summed E-state index contributed by atoms with van der Waals surface area (Å²) < 4.78 is 4.79. The number of hydrogen-bond acceptors (Lipinski definition) is 5. The lowest BCUT2D eigenvalue weighted by Crippen LogP contribution is -2.49. The van der Waals surface area contributed by atoms with Gasteiger partial charge in [-0.05, 0) is 0 Å². The minimum atomic E-state index is -1.29. The number of hydrogen-bond donors (Lipinski definition) is 4. The molecule has 0 saturated carbocycles. The zero-order valence-corrected chi connectivity index (χ0v) is 5.84. The molecule has 3 atom stereocenters. The molecule has 0 aromatic carbocycles. The van der Waals surface area contributed by atoms with Crippen molar-refractivity contribution in [3.05, 3.63) is 6.10 Å². The van der Waals surface area contributed by atoms with Gasteiger partial charge in [-0.2, -0.15) is 0 Å². The first-order valence-electron chi connectivity index (χ1n) is 3.31. The molecule has 0 spiro atoms. The Morgan fingerprint density at radius 2 is 2.09 bits per heavy atom. The molecule has 1 rings (SSSR count). The molecule has 0 aliphatic carbocycles. The molecule has 0 unspecified atom stereocenters. The van der Waals surface area contributed by atoms with Crippen molar-refractivity contribution in [3.63, 3.8) is 0 Å². The zero-order chi connectivity index (χ0) is 8.43. The fraction of sp³-hybridized carbons (Fsp3) is 0.833. The van der Waals surface area contributed by atoms with E-state index in [1.807, 2.05) is 0 Å². The molecule has 0 aromatic rings. The maximum absolute atomic E-state index is 9.08. The first-order chi connectivity index (χ1) is 5.16. The van der Waals surface area contributed by atoms with Crippen LogP contribution in [0.15, 0.2) is 0 Å². The van der Waals surface area contributed by atoms with Crippen molar-refractivity contribution in [1.29, 1.82) is 0 Å². The van der Waals surface area contributed by atoms with E-state index in [9.17, 15) is 0 Å². The van der Waals surface area contributed by atoms with Gasteiger partial charge in [0.25, 0.3) is 0 Å². The molecular formula is C6H11O5. The van der Waals surface area contributed by atoms with E-state index in [0.717, 1.165) is 0 Å². The molecule has 65 valence electrons. The van der Waals surface area contributed by atoms with Crippen LogP contribution in [0.2, 0.25) is 0 Å². The second-order valence-corrected chi connectivity index (χ2v) is 2.44. The summed E-state index contributed by atoms with van der Waals surface area (Å²) in [6, 6.07) is 0. The van der Waals surface area contributed by atoms with Crippen LogP contribution in [0.25, 0.3) is 0 Å². The number of rotatable bonds is 1. The van der Waals surface area contributed by atoms with Crippen LogP contribution in [-0.4, -0.2) is 52.0 Å². The lowest BCUT2D eigenvalue weighted by atomic mass is 10.0. The average molecular weight is 163 g/mol. The van der Waals surface area contributed by atoms with Gasteiger partial charge in [0.1, 0.15) is 18.3 Å². The highest BCUT2D eigenvalue weighted by Gasteiger charge is 2.37. The third kappa shape index (κ3) is 1.69. The maximum atomic E-state index is 9.08. The Hall–Kier alpha value is -0.200. The molecule has 1 aliphatic heterocycles. The Morgan fingerprint density at radius 3 is 2.64 bits per heavy atom. The maximum Gasteiger partial charge on any atom is 0.155 e. The summed E-state index contributed by atoms with van der Waals surface area (Å²) in [5.74, 6) is 0. The van der Waals surface area contributed by atoms with Gasteiger partial charge in [-0.3, -0.25) is 0 Å². The molecule has 1 aliphatic rings. The first-order valence-corrected chi connectivity index (χ1v) is 3.31. The van der Waals surface area contributed by atoms with Crippen LogP contribution in [0.5, 0.6) is 0 Å². The molecule has 1 fully saturated rings. The van der Waals surface area contributed by atoms with Crippen LogP contribution < -0.4 is 0 Å². The van der Waals surface area contributed by atoms with Crippen molar-refractivity contribution in [1.82, 2.24) is 0 Å². The molecule has 1 saturated heterocycles. The minimum absolute atomic E-state index is 0.0892. The summed E-state index contributed by atoms with van der Waals surface area (Å²) in [6.07, 6.45) is -3.69. The van der Waals surface area contributed by atoms with Crippen LogP contribution in [0.3, 0.4) is 0 Å². The average Bonchev–Trinajstić information content (AvgIpc) is 2.01. The lowest BCUT2D eigenvalue weighted by molar-refractivity contribution is -0.153. The van der Waals surface area contributed by atoms with Gasteiger partial charge in [0.15, 0.2) is 6.10 Å². The van der Waals surface area contributed by atoms with Crippen molar-refractivity contribution in [2.75, 3.05) is 13.2 Å². The fourth-order valence-electron chi connectivity index (χ4n) is 0.931. The van der Waals surface area contributed by atoms with Crippen LogP contribution in [0, 0.1) is 6.10 Å². The van der Waals surface area contributed by atoms with E-state index in [1.54, 1.807) is 0 Å². The van der Waals surface area contributed by atoms with E-state index < -0.39 is 24.4 Å². The zero-order valence-electron chi connectivity index (χ0n) is 5.84. The molecule has 1 radical (unpaired) electrons. The monoisotopic (exact) mass is 163 g/mol. The van der Waals surface area contributed by atoms with Gasteiger partial charge < -0.3 is 25.2 Å². The van der Waals surface area contributed by atoms with Crippen molar-refractivity contribution < 1.29 is 25.2 Å². The van der Waals surface area contributed by atoms with E-state index in [4.69, 9.17) is 25.2 Å². The van der Waals surface area contributed by atoms with Gasteiger partial charge in [0.05, 0.1) is 13.2 Å². The third-order valence-electron chi connectivity index (χ3n) is 1.64. The van der Waals surface area contributed by atoms with E-state index in [-0.39, 0.29) is 13.2 Å². The molecule has 0 aromatic heterocycles. The van der Waals surface area contributed by atoms with Gasteiger partial charge in [0, 0.05) is 0 Å². The summed E-state index contributed by atoms with van der Waals surface area (Å²) in [4.78, 5) is 0. The third-order valence-corrected chi connectivity index (χ3v) is 1.64. The Labute approximate surface area is 63.8 Å². The predicted molar refractivity (Wildman–Crippen MR) is 34.0 cm³/mol. The molecular weight excluding hydrogens is 152 g/mol. The predicted octanol–water partition coefficient (Wildman–Crippen LogP) is -2.00. The molecule has 4 N–H and O–H groups in total. The Bertz CT molecular complexity index is 126. The van der Waals surface area contributed by atoms with E-state index in [1.165, 1.54) is 0 Å². The highest BCUT2D eigenvalue weighted by atomic mass is 16.5. The van der Waals surface area contributed by atoms with Crippen LogP contribution in [0.4, 0.5) is 0 Å². The quantitative estimate of drug-likeness (QED) is 0.359. The largest absolute Gasteiger partial charge is 0.394 e. The highest BCUT2D eigenvalue weighted by molar-refractivity contribution is 4.99. The molecule has 0 amide bonds. The molecule has 11 heavy (non-hydrogen) atoms. The van der Waals surface area contributed by atoms with Crippen molar-refractivity contribution in [2.45, 2.75) is 18.3 Å². The van der Waals surface area contributed by atoms with Crippen LogP contribution >= 0.6 is 0 Å². The van der Waals surface area contributed by atoms with Gasteiger partial charge in [-0.1, -0.05) is 0 Å². The van der Waals surface area contributed by atoms with Gasteiger partial charge in [0.2, 0.25) is 0 Å². The summed E-state index contributed by atoms with van der Waals surface area (Å²) >= 11 is 0. The topological polar surface area (TPSA) is 90.2 Å². The number of aliphatic hydroxyl groups excluding tert-OH is 4. The smallest absolute Gasteiger partial charge is 0.155 e. The van der Waals surface area contributed by atoms with Crippen molar-refractivity contribution >= 4 is 0 Å².